The predicted octanol–water partition coefficient (Wildman–Crippen LogP) is 6.18. The molecule has 0 unspecified atom stereocenters. The number of nitro benzene ring substituents is 1. The lowest BCUT2D eigenvalue weighted by Gasteiger charge is -2.02. The zero-order chi connectivity index (χ0) is 19.8. The Balaban J connectivity index is 1.67. The minimum absolute atomic E-state index is 0.0245. The third-order valence-corrected chi connectivity index (χ3v) is 5.73. The molecule has 0 aliphatic carbocycles. The van der Waals surface area contributed by atoms with Crippen LogP contribution in [0.3, 0.4) is 0 Å². The maximum absolute atomic E-state index is 10.9. The number of aromatic nitrogens is 3. The van der Waals surface area contributed by atoms with Crippen molar-refractivity contribution < 1.29 is 4.92 Å². The third-order valence-electron chi connectivity index (χ3n) is 4.11. The minimum atomic E-state index is -0.428. The highest BCUT2D eigenvalue weighted by atomic mass is 35.5. The Morgan fingerprint density at radius 2 is 1.89 bits per heavy atom. The van der Waals surface area contributed by atoms with E-state index >= 15 is 0 Å². The van der Waals surface area contributed by atoms with E-state index < -0.39 is 4.92 Å². The summed E-state index contributed by atoms with van der Waals surface area (Å²) in [5, 5.41) is 17.3. The molecule has 2 aromatic carbocycles. The molecule has 140 valence electrons. The van der Waals surface area contributed by atoms with Crippen molar-refractivity contribution in [3.63, 3.8) is 0 Å². The monoisotopic (exact) mass is 430 g/mol. The second-order valence-electron chi connectivity index (χ2n) is 5.97. The first-order chi connectivity index (χ1) is 13.4. The Bertz CT molecular complexity index is 1230. The van der Waals surface area contributed by atoms with Gasteiger partial charge in [0.05, 0.1) is 26.5 Å². The maximum Gasteiger partial charge on any atom is 0.271 e. The van der Waals surface area contributed by atoms with Gasteiger partial charge in [0.15, 0.2) is 0 Å². The molecular weight excluding hydrogens is 419 g/mol. The van der Waals surface area contributed by atoms with E-state index in [-0.39, 0.29) is 5.69 Å². The average Bonchev–Trinajstić information content (AvgIpc) is 3.20. The van der Waals surface area contributed by atoms with Crippen LogP contribution in [0.15, 0.2) is 42.5 Å². The van der Waals surface area contributed by atoms with Crippen molar-refractivity contribution in [1.82, 2.24) is 14.8 Å². The topological polar surface area (TPSA) is 73.8 Å². The molecule has 0 bridgehead atoms. The van der Waals surface area contributed by atoms with Crippen molar-refractivity contribution in [2.24, 2.45) is 0 Å². The summed E-state index contributed by atoms with van der Waals surface area (Å²) in [5.41, 5.74) is 2.98. The Morgan fingerprint density at radius 3 is 2.61 bits per heavy atom. The van der Waals surface area contributed by atoms with E-state index in [1.54, 1.807) is 22.9 Å². The smallest absolute Gasteiger partial charge is 0.258 e. The van der Waals surface area contributed by atoms with Crippen LogP contribution in [0.4, 0.5) is 5.69 Å². The fraction of sp³-hybridized carbons (Fsp3) is 0.0526. The maximum atomic E-state index is 10.9. The molecule has 0 spiro atoms. The molecule has 0 radical (unpaired) electrons. The molecule has 2 heterocycles. The van der Waals surface area contributed by atoms with Crippen LogP contribution >= 0.6 is 34.5 Å². The highest BCUT2D eigenvalue weighted by Crippen LogP contribution is 2.29. The molecule has 0 saturated carbocycles. The van der Waals surface area contributed by atoms with E-state index in [1.807, 2.05) is 31.2 Å². The third kappa shape index (κ3) is 3.52. The number of hydrogen-bond donors (Lipinski definition) is 0. The lowest BCUT2D eigenvalue weighted by atomic mass is 10.2. The second kappa shape index (κ2) is 7.35. The largest absolute Gasteiger partial charge is 0.271 e. The van der Waals surface area contributed by atoms with Gasteiger partial charge in [-0.2, -0.15) is 5.10 Å². The molecule has 4 aromatic rings. The van der Waals surface area contributed by atoms with Crippen molar-refractivity contribution in [3.05, 3.63) is 79.0 Å². The molecule has 6 nitrogen and oxygen atoms in total. The zero-order valence-electron chi connectivity index (χ0n) is 14.5. The summed E-state index contributed by atoms with van der Waals surface area (Å²) in [5.74, 6) is 0. The minimum Gasteiger partial charge on any atom is -0.258 e. The lowest BCUT2D eigenvalue weighted by molar-refractivity contribution is -0.384. The molecule has 28 heavy (non-hydrogen) atoms. The SMILES string of the molecule is Cc1nn(-c2ccc(Cl)cc2)c(Cl)c1C=Cc1nc2cc([N+](=O)[O-])ccc2s1. The molecule has 0 amide bonds. The van der Waals surface area contributed by atoms with Crippen LogP contribution in [0.5, 0.6) is 0 Å². The summed E-state index contributed by atoms with van der Waals surface area (Å²) in [7, 11) is 0. The number of benzene rings is 2. The number of aryl methyl sites for hydroxylation is 1. The van der Waals surface area contributed by atoms with Crippen molar-refractivity contribution in [2.45, 2.75) is 6.92 Å². The number of nitro groups is 1. The number of thiazole rings is 1. The number of non-ortho nitro benzene ring substituents is 1. The molecule has 0 aliphatic heterocycles. The Hall–Kier alpha value is -2.74. The second-order valence-corrected chi connectivity index (χ2v) is 7.83. The molecular formula is C19H12Cl2N4O2S. The Labute approximate surface area is 173 Å². The van der Waals surface area contributed by atoms with Crippen molar-refractivity contribution in [2.75, 3.05) is 0 Å². The number of fused-ring (bicyclic) bond motifs is 1. The van der Waals surface area contributed by atoms with E-state index in [9.17, 15) is 10.1 Å². The first-order valence-corrected chi connectivity index (χ1v) is 9.74. The van der Waals surface area contributed by atoms with Crippen molar-refractivity contribution >= 4 is 62.6 Å². The normalized spacial score (nSPS) is 11.5. The van der Waals surface area contributed by atoms with E-state index in [2.05, 4.69) is 10.1 Å². The van der Waals surface area contributed by atoms with Crippen molar-refractivity contribution in [3.8, 4) is 5.69 Å². The van der Waals surface area contributed by atoms with E-state index in [4.69, 9.17) is 23.2 Å². The highest BCUT2D eigenvalue weighted by Gasteiger charge is 2.13. The highest BCUT2D eigenvalue weighted by molar-refractivity contribution is 7.19. The molecule has 4 rings (SSSR count). The number of rotatable bonds is 4. The zero-order valence-corrected chi connectivity index (χ0v) is 16.8. The first kappa shape index (κ1) is 18.6. The van der Waals surface area contributed by atoms with Gasteiger partial charge in [-0.25, -0.2) is 9.67 Å². The summed E-state index contributed by atoms with van der Waals surface area (Å²) < 4.78 is 2.53. The van der Waals surface area contributed by atoms with Crippen LogP contribution in [0.2, 0.25) is 10.2 Å². The molecule has 0 N–H and O–H groups in total. The molecule has 0 fully saturated rings. The summed E-state index contributed by atoms with van der Waals surface area (Å²) in [6.07, 6.45) is 3.68. The number of nitrogens with zero attached hydrogens (tertiary/aromatic N) is 4. The van der Waals surface area contributed by atoms with Gasteiger partial charge < -0.3 is 0 Å². The predicted molar refractivity (Wildman–Crippen MR) is 114 cm³/mol. The summed E-state index contributed by atoms with van der Waals surface area (Å²) in [6.45, 7) is 1.87. The summed E-state index contributed by atoms with van der Waals surface area (Å²) >= 11 is 13.9. The van der Waals surface area contributed by atoms with Gasteiger partial charge in [0.1, 0.15) is 10.2 Å². The van der Waals surface area contributed by atoms with Gasteiger partial charge in [0.2, 0.25) is 0 Å². The van der Waals surface area contributed by atoms with Crippen LogP contribution in [-0.2, 0) is 0 Å². The van der Waals surface area contributed by atoms with Gasteiger partial charge >= 0.3 is 0 Å². The van der Waals surface area contributed by atoms with E-state index in [0.717, 1.165) is 26.7 Å². The van der Waals surface area contributed by atoms with Gasteiger partial charge in [-0.05, 0) is 49.4 Å². The van der Waals surface area contributed by atoms with Gasteiger partial charge in [0.25, 0.3) is 5.69 Å². The standard InChI is InChI=1S/C19H12Cl2N4O2S/c1-11-15(19(21)24(23-11)13-4-2-12(20)3-5-13)7-9-18-22-16-10-14(25(26)27)6-8-17(16)28-18/h2-10H,1H3. The fourth-order valence-electron chi connectivity index (χ4n) is 2.73. The molecule has 0 atom stereocenters. The van der Waals surface area contributed by atoms with Crippen LogP contribution in [-0.4, -0.2) is 19.7 Å². The lowest BCUT2D eigenvalue weighted by Crippen LogP contribution is -1.96. The van der Waals surface area contributed by atoms with Crippen molar-refractivity contribution in [1.29, 1.82) is 0 Å². The summed E-state index contributed by atoms with van der Waals surface area (Å²) in [6, 6.07) is 11.9. The van der Waals surface area contributed by atoms with Gasteiger partial charge in [0, 0.05) is 22.7 Å². The van der Waals surface area contributed by atoms with Crippen LogP contribution < -0.4 is 0 Å². The molecule has 0 aliphatic rings. The molecule has 2 aromatic heterocycles. The van der Waals surface area contributed by atoms with Crippen LogP contribution in [0, 0.1) is 17.0 Å². The summed E-state index contributed by atoms with van der Waals surface area (Å²) in [4.78, 5) is 14.9. The van der Waals surface area contributed by atoms with E-state index in [0.29, 0.717) is 15.7 Å². The Morgan fingerprint density at radius 1 is 1.14 bits per heavy atom. The molecule has 0 saturated heterocycles. The quantitative estimate of drug-likeness (QED) is 0.286. The molecule has 9 heteroatoms. The van der Waals surface area contributed by atoms with Crippen LogP contribution in [0.25, 0.3) is 28.1 Å². The fourth-order valence-corrected chi connectivity index (χ4v) is 4.04. The van der Waals surface area contributed by atoms with E-state index in [1.165, 1.54) is 23.5 Å². The average molecular weight is 431 g/mol. The number of hydrogen-bond acceptors (Lipinski definition) is 5. The Kier molecular flexibility index (Phi) is 4.89. The van der Waals surface area contributed by atoms with Gasteiger partial charge in [-0.1, -0.05) is 23.2 Å². The first-order valence-electron chi connectivity index (χ1n) is 8.16. The van der Waals surface area contributed by atoms with Gasteiger partial charge in [-0.3, -0.25) is 10.1 Å². The van der Waals surface area contributed by atoms with Crippen LogP contribution in [0.1, 0.15) is 16.3 Å². The van der Waals surface area contributed by atoms with Gasteiger partial charge in [-0.15, -0.1) is 11.3 Å². The number of halogens is 2.